The molecule has 0 bridgehead atoms. The normalized spacial score (nSPS) is 27.0. The maximum atomic E-state index is 9.93. The van der Waals surface area contributed by atoms with Gasteiger partial charge in [-0.1, -0.05) is 89.5 Å². The summed E-state index contributed by atoms with van der Waals surface area (Å²) >= 11 is 0. The van der Waals surface area contributed by atoms with E-state index in [-0.39, 0.29) is 0 Å². The lowest BCUT2D eigenvalue weighted by atomic mass is 9.70. The first-order valence-electron chi connectivity index (χ1n) is 14.2. The predicted octanol–water partition coefficient (Wildman–Crippen LogP) is 9.61. The van der Waals surface area contributed by atoms with Crippen LogP contribution in [0.15, 0.2) is 24.3 Å². The smallest absolute Gasteiger partial charge is 0.0658 e. The van der Waals surface area contributed by atoms with Gasteiger partial charge in [0.2, 0.25) is 0 Å². The molecule has 0 radical (unpaired) electrons. The number of nitriles is 1. The van der Waals surface area contributed by atoms with E-state index < -0.39 is 0 Å². The number of aryl methyl sites for hydroxylation is 1. The summed E-state index contributed by atoms with van der Waals surface area (Å²) < 4.78 is 0. The van der Waals surface area contributed by atoms with Crippen molar-refractivity contribution in [3.8, 4) is 6.07 Å². The Hall–Kier alpha value is -1.29. The van der Waals surface area contributed by atoms with Crippen LogP contribution in [-0.2, 0) is 6.42 Å². The molecule has 0 spiro atoms. The Kier molecular flexibility index (Phi) is 11.1. The van der Waals surface area contributed by atoms with E-state index in [2.05, 4.69) is 44.2 Å². The van der Waals surface area contributed by atoms with Gasteiger partial charge in [0, 0.05) is 5.92 Å². The van der Waals surface area contributed by atoms with Gasteiger partial charge in [-0.25, -0.2) is 0 Å². The number of rotatable bonds is 12. The quantitative estimate of drug-likeness (QED) is 0.300. The molecule has 2 aliphatic rings. The average Bonchev–Trinajstić information content (AvgIpc) is 2.84. The molecule has 0 aliphatic heterocycles. The van der Waals surface area contributed by atoms with E-state index in [9.17, 15) is 5.26 Å². The second-order valence-electron chi connectivity index (χ2n) is 11.2. The third-order valence-corrected chi connectivity index (χ3v) is 8.80. The Morgan fingerprint density at radius 3 is 2.03 bits per heavy atom. The van der Waals surface area contributed by atoms with Gasteiger partial charge in [-0.3, -0.25) is 0 Å². The molecule has 1 aromatic carbocycles. The van der Waals surface area contributed by atoms with Gasteiger partial charge < -0.3 is 0 Å². The maximum Gasteiger partial charge on any atom is 0.0658 e. The van der Waals surface area contributed by atoms with E-state index in [1.807, 2.05) is 0 Å². The third kappa shape index (κ3) is 7.93. The lowest BCUT2D eigenvalue weighted by molar-refractivity contribution is 0.187. The maximum absolute atomic E-state index is 9.93. The van der Waals surface area contributed by atoms with Crippen molar-refractivity contribution < 1.29 is 0 Å². The van der Waals surface area contributed by atoms with Gasteiger partial charge in [0.1, 0.15) is 0 Å². The van der Waals surface area contributed by atoms with E-state index in [4.69, 9.17) is 0 Å². The highest BCUT2D eigenvalue weighted by atomic mass is 14.4. The van der Waals surface area contributed by atoms with E-state index >= 15 is 0 Å². The van der Waals surface area contributed by atoms with Gasteiger partial charge in [0.05, 0.1) is 6.07 Å². The fraction of sp³-hybridized carbons (Fsp3) is 0.774. The standard InChI is InChI=1S/C31H49N/c1-3-5-7-9-25-11-17-28(18-12-25)29-21-15-27(16-22-29)23-31(24-32)30-19-13-26(14-20-30)10-8-6-4-2/h11-12,17-18,26-27,29-31H,3-10,13-16,19-23H2,1-2H3. The Bertz CT molecular complexity index is 653. The largest absolute Gasteiger partial charge is 0.198 e. The van der Waals surface area contributed by atoms with Crippen LogP contribution in [0.1, 0.15) is 134 Å². The highest BCUT2D eigenvalue weighted by molar-refractivity contribution is 5.26. The second-order valence-corrected chi connectivity index (χ2v) is 11.2. The van der Waals surface area contributed by atoms with Crippen LogP contribution < -0.4 is 0 Å². The van der Waals surface area contributed by atoms with Gasteiger partial charge >= 0.3 is 0 Å². The van der Waals surface area contributed by atoms with Crippen molar-refractivity contribution in [3.05, 3.63) is 35.4 Å². The van der Waals surface area contributed by atoms with Crippen molar-refractivity contribution >= 4 is 0 Å². The lowest BCUT2D eigenvalue weighted by Gasteiger charge is -2.34. The van der Waals surface area contributed by atoms with Crippen molar-refractivity contribution in [1.82, 2.24) is 0 Å². The van der Waals surface area contributed by atoms with Crippen molar-refractivity contribution in [1.29, 1.82) is 5.26 Å². The summed E-state index contributed by atoms with van der Waals surface area (Å²) in [5.41, 5.74) is 3.06. The van der Waals surface area contributed by atoms with Crippen LogP contribution in [0.5, 0.6) is 0 Å². The van der Waals surface area contributed by atoms with Crippen molar-refractivity contribution in [2.45, 2.75) is 129 Å². The van der Waals surface area contributed by atoms with E-state index in [0.717, 1.165) is 17.8 Å². The van der Waals surface area contributed by atoms with Gasteiger partial charge in [0.25, 0.3) is 0 Å². The summed E-state index contributed by atoms with van der Waals surface area (Å²) in [7, 11) is 0. The molecule has 0 aromatic heterocycles. The van der Waals surface area contributed by atoms with E-state index in [1.165, 1.54) is 115 Å². The summed E-state index contributed by atoms with van der Waals surface area (Å²) in [4.78, 5) is 0. The number of unbranched alkanes of at least 4 members (excludes halogenated alkanes) is 4. The predicted molar refractivity (Wildman–Crippen MR) is 138 cm³/mol. The molecule has 1 heteroatoms. The summed E-state index contributed by atoms with van der Waals surface area (Å²) in [5, 5.41) is 9.93. The molecule has 32 heavy (non-hydrogen) atoms. The molecule has 1 atom stereocenters. The number of benzene rings is 1. The van der Waals surface area contributed by atoms with Crippen LogP contribution in [0.25, 0.3) is 0 Å². The van der Waals surface area contributed by atoms with Crippen molar-refractivity contribution in [2.24, 2.45) is 23.7 Å². The Morgan fingerprint density at radius 1 is 0.781 bits per heavy atom. The zero-order chi connectivity index (χ0) is 22.6. The summed E-state index contributed by atoms with van der Waals surface area (Å²) in [6.45, 7) is 4.57. The molecule has 0 heterocycles. The van der Waals surface area contributed by atoms with Crippen molar-refractivity contribution in [3.63, 3.8) is 0 Å². The average molecular weight is 436 g/mol. The minimum atomic E-state index is 0.315. The Morgan fingerprint density at radius 2 is 1.41 bits per heavy atom. The molecule has 0 N–H and O–H groups in total. The molecule has 0 amide bonds. The first-order valence-corrected chi connectivity index (χ1v) is 14.2. The molecule has 1 nitrogen and oxygen atoms in total. The fourth-order valence-corrected chi connectivity index (χ4v) is 6.54. The summed E-state index contributed by atoms with van der Waals surface area (Å²) in [6, 6.07) is 12.3. The number of hydrogen-bond acceptors (Lipinski definition) is 1. The molecule has 1 aromatic rings. The minimum absolute atomic E-state index is 0.315. The topological polar surface area (TPSA) is 23.8 Å². The Balaban J connectivity index is 1.39. The van der Waals surface area contributed by atoms with Crippen LogP contribution in [0, 0.1) is 35.0 Å². The Labute approximate surface area is 199 Å². The summed E-state index contributed by atoms with van der Waals surface area (Å²) in [5.74, 6) is 3.48. The zero-order valence-corrected chi connectivity index (χ0v) is 21.2. The van der Waals surface area contributed by atoms with Crippen LogP contribution in [0.3, 0.4) is 0 Å². The first kappa shape index (κ1) is 25.3. The first-order chi connectivity index (χ1) is 15.7. The molecule has 2 saturated carbocycles. The monoisotopic (exact) mass is 435 g/mol. The van der Waals surface area contributed by atoms with Gasteiger partial charge in [-0.2, -0.15) is 5.26 Å². The molecular formula is C31H49N. The number of hydrogen-bond donors (Lipinski definition) is 0. The van der Waals surface area contributed by atoms with Gasteiger partial charge in [0.15, 0.2) is 0 Å². The third-order valence-electron chi connectivity index (χ3n) is 8.80. The second kappa shape index (κ2) is 14.1. The van der Waals surface area contributed by atoms with Crippen LogP contribution >= 0.6 is 0 Å². The minimum Gasteiger partial charge on any atom is -0.198 e. The van der Waals surface area contributed by atoms with E-state index in [1.54, 1.807) is 5.56 Å². The molecular weight excluding hydrogens is 386 g/mol. The molecule has 1 unspecified atom stereocenters. The highest BCUT2D eigenvalue weighted by Gasteiger charge is 2.31. The van der Waals surface area contributed by atoms with E-state index in [0.29, 0.717) is 11.8 Å². The zero-order valence-electron chi connectivity index (χ0n) is 21.2. The number of nitrogens with zero attached hydrogens (tertiary/aromatic N) is 1. The van der Waals surface area contributed by atoms with Gasteiger partial charge in [-0.05, 0) is 92.6 Å². The molecule has 3 rings (SSSR count). The van der Waals surface area contributed by atoms with Crippen LogP contribution in [-0.4, -0.2) is 0 Å². The molecule has 178 valence electrons. The van der Waals surface area contributed by atoms with Crippen molar-refractivity contribution in [2.75, 3.05) is 0 Å². The van der Waals surface area contributed by atoms with Crippen LogP contribution in [0.2, 0.25) is 0 Å². The van der Waals surface area contributed by atoms with Crippen LogP contribution in [0.4, 0.5) is 0 Å². The molecule has 0 saturated heterocycles. The fourth-order valence-electron chi connectivity index (χ4n) is 6.54. The SMILES string of the molecule is CCCCCc1ccc(C2CCC(CC(C#N)C3CCC(CCCCC)CC3)CC2)cc1. The summed E-state index contributed by atoms with van der Waals surface area (Å²) in [6.07, 6.45) is 22.6. The lowest BCUT2D eigenvalue weighted by Crippen LogP contribution is -2.24. The highest BCUT2D eigenvalue weighted by Crippen LogP contribution is 2.42. The molecule has 2 fully saturated rings. The molecule has 2 aliphatic carbocycles. The van der Waals surface area contributed by atoms with Gasteiger partial charge in [-0.15, -0.1) is 0 Å².